The van der Waals surface area contributed by atoms with Crippen molar-refractivity contribution in [2.45, 2.75) is 19.8 Å². The molecule has 32 heavy (non-hydrogen) atoms. The van der Waals surface area contributed by atoms with Crippen LogP contribution in [0.15, 0.2) is 78.3 Å². The second-order valence-corrected chi connectivity index (χ2v) is 8.03. The Hall–Kier alpha value is -3.84. The van der Waals surface area contributed by atoms with Gasteiger partial charge in [0.2, 0.25) is 0 Å². The minimum Gasteiger partial charge on any atom is -0.426 e. The van der Waals surface area contributed by atoms with E-state index in [1.165, 1.54) is 11.3 Å². The van der Waals surface area contributed by atoms with E-state index in [4.69, 9.17) is 4.74 Å². The highest BCUT2D eigenvalue weighted by atomic mass is 32.1. The molecule has 2 aromatic carbocycles. The fraction of sp³-hybridized carbons (Fsp3) is 0.120. The summed E-state index contributed by atoms with van der Waals surface area (Å²) in [5, 5.41) is 5.85. The Kier molecular flexibility index (Phi) is 6.67. The molecule has 0 unspecified atom stereocenters. The molecular formula is C25H21N3O3S. The molecule has 160 valence electrons. The predicted molar refractivity (Wildman–Crippen MR) is 125 cm³/mol. The van der Waals surface area contributed by atoms with E-state index in [0.29, 0.717) is 16.4 Å². The standard InChI is InChI=1S/C25H21N3O3S/c1-17-8-10-18(11-9-17)23(29)12-13-24(30)31-20-6-4-5-19(15-20)27-25-28-22(16-32-25)21-7-2-3-14-26-21/h2-11,14-16H,12-13H2,1H3,(H,27,28). The zero-order chi connectivity index (χ0) is 22.3. The highest BCUT2D eigenvalue weighted by Gasteiger charge is 2.12. The highest BCUT2D eigenvalue weighted by Crippen LogP contribution is 2.27. The molecule has 0 aliphatic heterocycles. The number of pyridine rings is 1. The van der Waals surface area contributed by atoms with Crippen molar-refractivity contribution in [3.8, 4) is 17.1 Å². The van der Waals surface area contributed by atoms with Crippen LogP contribution in [0, 0.1) is 6.92 Å². The van der Waals surface area contributed by atoms with Crippen molar-refractivity contribution in [2.24, 2.45) is 0 Å². The number of ketones is 1. The summed E-state index contributed by atoms with van der Waals surface area (Å²) in [5.41, 5.74) is 4.02. The number of esters is 1. The van der Waals surface area contributed by atoms with Gasteiger partial charge in [-0.3, -0.25) is 14.6 Å². The first-order valence-corrected chi connectivity index (χ1v) is 11.0. The van der Waals surface area contributed by atoms with Gasteiger partial charge in [0.05, 0.1) is 12.1 Å². The number of hydrogen-bond donors (Lipinski definition) is 1. The Labute approximate surface area is 189 Å². The molecule has 0 aliphatic carbocycles. The zero-order valence-electron chi connectivity index (χ0n) is 17.4. The Morgan fingerprint density at radius 1 is 0.969 bits per heavy atom. The van der Waals surface area contributed by atoms with Crippen LogP contribution in [0.2, 0.25) is 0 Å². The number of thiazole rings is 1. The maximum Gasteiger partial charge on any atom is 0.311 e. The summed E-state index contributed by atoms with van der Waals surface area (Å²) in [7, 11) is 0. The smallest absolute Gasteiger partial charge is 0.311 e. The largest absolute Gasteiger partial charge is 0.426 e. The summed E-state index contributed by atoms with van der Waals surface area (Å²) < 4.78 is 5.41. The van der Waals surface area contributed by atoms with E-state index < -0.39 is 5.97 Å². The maximum absolute atomic E-state index is 12.2. The van der Waals surface area contributed by atoms with Gasteiger partial charge in [0.25, 0.3) is 0 Å². The van der Waals surface area contributed by atoms with Gasteiger partial charge in [-0.25, -0.2) is 4.98 Å². The van der Waals surface area contributed by atoms with Crippen molar-refractivity contribution in [2.75, 3.05) is 5.32 Å². The van der Waals surface area contributed by atoms with Crippen LogP contribution in [0.3, 0.4) is 0 Å². The first kappa shape index (κ1) is 21.4. The number of hydrogen-bond acceptors (Lipinski definition) is 7. The van der Waals surface area contributed by atoms with Gasteiger partial charge < -0.3 is 10.1 Å². The lowest BCUT2D eigenvalue weighted by Crippen LogP contribution is -2.11. The number of carbonyl (C=O) groups is 2. The first-order chi connectivity index (χ1) is 15.6. The third-order valence-corrected chi connectivity index (χ3v) is 5.44. The van der Waals surface area contributed by atoms with E-state index in [1.807, 2.05) is 48.7 Å². The van der Waals surface area contributed by atoms with Crippen LogP contribution in [0.25, 0.3) is 11.4 Å². The molecule has 7 heteroatoms. The second-order valence-electron chi connectivity index (χ2n) is 7.17. The molecule has 4 aromatic rings. The van der Waals surface area contributed by atoms with Gasteiger partial charge in [0.1, 0.15) is 11.4 Å². The molecule has 0 amide bonds. The van der Waals surface area contributed by atoms with Crippen LogP contribution < -0.4 is 10.1 Å². The second kappa shape index (κ2) is 9.98. The monoisotopic (exact) mass is 443 g/mol. The summed E-state index contributed by atoms with van der Waals surface area (Å²) in [6.45, 7) is 1.96. The van der Waals surface area contributed by atoms with E-state index in [9.17, 15) is 9.59 Å². The van der Waals surface area contributed by atoms with Gasteiger partial charge in [-0.2, -0.15) is 0 Å². The summed E-state index contributed by atoms with van der Waals surface area (Å²) in [5.74, 6) is -0.122. The van der Waals surface area contributed by atoms with Crippen molar-refractivity contribution in [3.05, 3.63) is 89.4 Å². The number of ether oxygens (including phenoxy) is 1. The first-order valence-electron chi connectivity index (χ1n) is 10.1. The fourth-order valence-corrected chi connectivity index (χ4v) is 3.73. The van der Waals surface area contributed by atoms with E-state index in [1.54, 1.807) is 36.5 Å². The molecule has 2 heterocycles. The van der Waals surface area contributed by atoms with Gasteiger partial charge in [0.15, 0.2) is 10.9 Å². The molecule has 2 aromatic heterocycles. The Bertz CT molecular complexity index is 1220. The Morgan fingerprint density at radius 3 is 2.59 bits per heavy atom. The van der Waals surface area contributed by atoms with Crippen molar-refractivity contribution in [1.82, 2.24) is 9.97 Å². The molecule has 0 fully saturated rings. The fourth-order valence-electron chi connectivity index (χ4n) is 3.01. The number of aromatic nitrogens is 2. The molecule has 0 aliphatic rings. The van der Waals surface area contributed by atoms with E-state index in [-0.39, 0.29) is 18.6 Å². The van der Waals surface area contributed by atoms with Crippen molar-refractivity contribution in [1.29, 1.82) is 0 Å². The van der Waals surface area contributed by atoms with Crippen LogP contribution in [-0.2, 0) is 4.79 Å². The maximum atomic E-state index is 12.2. The summed E-state index contributed by atoms with van der Waals surface area (Å²) in [6, 6.07) is 20.1. The normalized spacial score (nSPS) is 10.5. The average molecular weight is 444 g/mol. The minimum absolute atomic E-state index is 0.0181. The lowest BCUT2D eigenvalue weighted by atomic mass is 10.1. The third kappa shape index (κ3) is 5.65. The molecule has 4 rings (SSSR count). The Morgan fingerprint density at radius 2 is 1.81 bits per heavy atom. The number of carbonyl (C=O) groups excluding carboxylic acids is 2. The van der Waals surface area contributed by atoms with Crippen LogP contribution in [0.5, 0.6) is 5.75 Å². The van der Waals surface area contributed by atoms with E-state index in [0.717, 1.165) is 22.6 Å². The predicted octanol–water partition coefficient (Wildman–Crippen LogP) is 5.83. The van der Waals surface area contributed by atoms with Crippen LogP contribution >= 0.6 is 11.3 Å². The van der Waals surface area contributed by atoms with Gasteiger partial charge in [-0.05, 0) is 31.2 Å². The summed E-state index contributed by atoms with van der Waals surface area (Å²) in [4.78, 5) is 33.3. The molecule has 0 spiro atoms. The van der Waals surface area contributed by atoms with Gasteiger partial charge in [0, 0.05) is 35.3 Å². The molecule has 0 saturated heterocycles. The van der Waals surface area contributed by atoms with Gasteiger partial charge in [-0.1, -0.05) is 42.0 Å². The number of rotatable bonds is 8. The zero-order valence-corrected chi connectivity index (χ0v) is 18.3. The molecule has 0 bridgehead atoms. The summed E-state index contributed by atoms with van der Waals surface area (Å²) >= 11 is 1.46. The Balaban J connectivity index is 1.33. The van der Waals surface area contributed by atoms with Crippen molar-refractivity contribution in [3.63, 3.8) is 0 Å². The average Bonchev–Trinajstić information content (AvgIpc) is 3.27. The number of anilines is 2. The van der Waals surface area contributed by atoms with Crippen LogP contribution in [-0.4, -0.2) is 21.7 Å². The molecule has 0 atom stereocenters. The van der Waals surface area contributed by atoms with Crippen LogP contribution in [0.4, 0.5) is 10.8 Å². The number of nitrogens with zero attached hydrogens (tertiary/aromatic N) is 2. The van der Waals surface area contributed by atoms with Gasteiger partial charge >= 0.3 is 5.97 Å². The van der Waals surface area contributed by atoms with Gasteiger partial charge in [-0.15, -0.1) is 11.3 Å². The number of Topliss-reactive ketones (excluding diaryl/α,β-unsaturated/α-hetero) is 1. The van der Waals surface area contributed by atoms with Crippen molar-refractivity contribution >= 4 is 33.9 Å². The molecule has 0 saturated carbocycles. The summed E-state index contributed by atoms with van der Waals surface area (Å²) in [6.07, 6.45) is 1.85. The number of benzene rings is 2. The molecule has 6 nitrogen and oxygen atoms in total. The number of aryl methyl sites for hydroxylation is 1. The van der Waals surface area contributed by atoms with E-state index in [2.05, 4.69) is 15.3 Å². The number of nitrogens with one attached hydrogen (secondary N) is 1. The quantitative estimate of drug-likeness (QED) is 0.210. The lowest BCUT2D eigenvalue weighted by molar-refractivity contribution is -0.134. The highest BCUT2D eigenvalue weighted by molar-refractivity contribution is 7.14. The third-order valence-electron chi connectivity index (χ3n) is 4.68. The van der Waals surface area contributed by atoms with Crippen molar-refractivity contribution < 1.29 is 14.3 Å². The minimum atomic E-state index is -0.450. The topological polar surface area (TPSA) is 81.2 Å². The molecule has 1 N–H and O–H groups in total. The molecule has 0 radical (unpaired) electrons. The molecular weight excluding hydrogens is 422 g/mol. The van der Waals surface area contributed by atoms with Crippen LogP contribution in [0.1, 0.15) is 28.8 Å². The van der Waals surface area contributed by atoms with E-state index >= 15 is 0 Å². The SMILES string of the molecule is Cc1ccc(C(=O)CCC(=O)Oc2cccc(Nc3nc(-c4ccccn4)cs3)c2)cc1. The lowest BCUT2D eigenvalue weighted by Gasteiger charge is -2.07.